The van der Waals surface area contributed by atoms with Crippen molar-refractivity contribution in [2.24, 2.45) is 0 Å². The maximum Gasteiger partial charge on any atom is 0.0482 e. The van der Waals surface area contributed by atoms with Crippen molar-refractivity contribution < 1.29 is 0 Å². The SMILES string of the molecule is Cc1cccc(N(c2cccc(C)c2)c2cccc(N)c2)c1. The Bertz CT molecular complexity index is 685. The standard InChI is InChI=1S/C20H20N2/c1-15-6-3-9-18(12-15)22(19-10-4-7-16(2)13-19)20-11-5-8-17(21)14-20/h3-14H,21H2,1-2H3. The highest BCUT2D eigenvalue weighted by Crippen LogP contribution is 2.35. The predicted molar refractivity (Wildman–Crippen MR) is 95.0 cm³/mol. The molecule has 0 radical (unpaired) electrons. The Kier molecular flexibility index (Phi) is 3.84. The lowest BCUT2D eigenvalue weighted by Crippen LogP contribution is -2.10. The number of hydrogen-bond donors (Lipinski definition) is 1. The van der Waals surface area contributed by atoms with E-state index >= 15 is 0 Å². The van der Waals surface area contributed by atoms with Crippen LogP contribution in [0.1, 0.15) is 11.1 Å². The zero-order chi connectivity index (χ0) is 15.5. The van der Waals surface area contributed by atoms with Crippen molar-refractivity contribution >= 4 is 22.7 Å². The Morgan fingerprint density at radius 2 is 1.09 bits per heavy atom. The molecule has 0 aliphatic heterocycles. The molecule has 0 aliphatic rings. The Morgan fingerprint density at radius 3 is 1.55 bits per heavy atom. The molecule has 0 unspecified atom stereocenters. The van der Waals surface area contributed by atoms with Gasteiger partial charge in [0.05, 0.1) is 0 Å². The van der Waals surface area contributed by atoms with Crippen molar-refractivity contribution in [2.45, 2.75) is 13.8 Å². The Morgan fingerprint density at radius 1 is 0.636 bits per heavy atom. The van der Waals surface area contributed by atoms with Crippen molar-refractivity contribution in [3.8, 4) is 0 Å². The van der Waals surface area contributed by atoms with Gasteiger partial charge in [-0.15, -0.1) is 0 Å². The van der Waals surface area contributed by atoms with E-state index in [1.54, 1.807) is 0 Å². The Hall–Kier alpha value is -2.74. The number of nitrogen functional groups attached to an aromatic ring is 1. The fraction of sp³-hybridized carbons (Fsp3) is 0.100. The first-order valence-electron chi connectivity index (χ1n) is 7.42. The highest BCUT2D eigenvalue weighted by molar-refractivity contribution is 5.78. The highest BCUT2D eigenvalue weighted by atomic mass is 15.1. The Labute approximate surface area is 131 Å². The molecule has 110 valence electrons. The average molecular weight is 288 g/mol. The molecule has 0 spiro atoms. The lowest BCUT2D eigenvalue weighted by molar-refractivity contribution is 1.26. The summed E-state index contributed by atoms with van der Waals surface area (Å²) in [7, 11) is 0. The topological polar surface area (TPSA) is 29.3 Å². The van der Waals surface area contributed by atoms with Crippen LogP contribution in [0.15, 0.2) is 72.8 Å². The quantitative estimate of drug-likeness (QED) is 0.658. The first kappa shape index (κ1) is 14.2. The van der Waals surface area contributed by atoms with Gasteiger partial charge < -0.3 is 10.6 Å². The zero-order valence-corrected chi connectivity index (χ0v) is 13.0. The minimum atomic E-state index is 0.766. The lowest BCUT2D eigenvalue weighted by Gasteiger charge is -2.26. The molecule has 3 aromatic rings. The molecule has 0 saturated carbocycles. The molecule has 22 heavy (non-hydrogen) atoms. The van der Waals surface area contributed by atoms with Crippen LogP contribution in [0, 0.1) is 13.8 Å². The molecule has 0 saturated heterocycles. The van der Waals surface area contributed by atoms with Gasteiger partial charge in [0.1, 0.15) is 0 Å². The van der Waals surface area contributed by atoms with Gasteiger partial charge >= 0.3 is 0 Å². The molecule has 0 amide bonds. The van der Waals surface area contributed by atoms with Crippen LogP contribution < -0.4 is 10.6 Å². The second-order valence-corrected chi connectivity index (χ2v) is 5.61. The number of hydrogen-bond acceptors (Lipinski definition) is 2. The van der Waals surface area contributed by atoms with Crippen molar-refractivity contribution in [1.29, 1.82) is 0 Å². The van der Waals surface area contributed by atoms with Crippen molar-refractivity contribution in [3.63, 3.8) is 0 Å². The smallest absolute Gasteiger partial charge is 0.0482 e. The van der Waals surface area contributed by atoms with E-state index in [2.05, 4.69) is 73.3 Å². The van der Waals surface area contributed by atoms with E-state index in [1.807, 2.05) is 18.2 Å². The summed E-state index contributed by atoms with van der Waals surface area (Å²) in [5, 5.41) is 0. The first-order chi connectivity index (χ1) is 10.6. The molecule has 0 heterocycles. The molecule has 0 atom stereocenters. The van der Waals surface area contributed by atoms with E-state index in [-0.39, 0.29) is 0 Å². The van der Waals surface area contributed by atoms with Crippen LogP contribution in [0.2, 0.25) is 0 Å². The molecule has 0 aromatic heterocycles. The molecule has 0 bridgehead atoms. The minimum Gasteiger partial charge on any atom is -0.399 e. The van der Waals surface area contributed by atoms with Crippen molar-refractivity contribution in [3.05, 3.63) is 83.9 Å². The molecule has 2 nitrogen and oxygen atoms in total. The van der Waals surface area contributed by atoms with Gasteiger partial charge in [0.25, 0.3) is 0 Å². The third-order valence-electron chi connectivity index (χ3n) is 3.65. The summed E-state index contributed by atoms with van der Waals surface area (Å²) in [6.45, 7) is 4.22. The maximum atomic E-state index is 5.99. The molecular formula is C20H20N2. The number of anilines is 4. The third-order valence-corrected chi connectivity index (χ3v) is 3.65. The molecule has 2 heteroatoms. The zero-order valence-electron chi connectivity index (χ0n) is 13.0. The van der Waals surface area contributed by atoms with Crippen molar-refractivity contribution in [1.82, 2.24) is 0 Å². The van der Waals surface area contributed by atoms with Crippen LogP contribution in [-0.2, 0) is 0 Å². The van der Waals surface area contributed by atoms with E-state index in [0.29, 0.717) is 0 Å². The number of nitrogens with zero attached hydrogens (tertiary/aromatic N) is 1. The van der Waals surface area contributed by atoms with Crippen LogP contribution in [0.4, 0.5) is 22.7 Å². The van der Waals surface area contributed by atoms with Crippen LogP contribution >= 0.6 is 0 Å². The summed E-state index contributed by atoms with van der Waals surface area (Å²) in [5.41, 5.74) is 12.6. The van der Waals surface area contributed by atoms with Gasteiger partial charge in [-0.05, 0) is 67.4 Å². The Balaban J connectivity index is 2.18. The van der Waals surface area contributed by atoms with E-state index < -0.39 is 0 Å². The minimum absolute atomic E-state index is 0.766. The fourth-order valence-corrected chi connectivity index (χ4v) is 2.65. The van der Waals surface area contributed by atoms with Crippen LogP contribution in [0.5, 0.6) is 0 Å². The van der Waals surface area contributed by atoms with E-state index in [0.717, 1.165) is 22.7 Å². The molecule has 3 rings (SSSR count). The largest absolute Gasteiger partial charge is 0.399 e. The van der Waals surface area contributed by atoms with Crippen LogP contribution in [0.25, 0.3) is 0 Å². The van der Waals surface area contributed by atoms with Crippen LogP contribution in [0.3, 0.4) is 0 Å². The molecule has 3 aromatic carbocycles. The second-order valence-electron chi connectivity index (χ2n) is 5.61. The molecule has 0 fully saturated rings. The third kappa shape index (κ3) is 2.96. The average Bonchev–Trinajstić information content (AvgIpc) is 2.48. The van der Waals surface area contributed by atoms with Gasteiger partial charge in [0, 0.05) is 22.7 Å². The van der Waals surface area contributed by atoms with Crippen molar-refractivity contribution in [2.75, 3.05) is 10.6 Å². The number of aryl methyl sites for hydroxylation is 2. The summed E-state index contributed by atoms with van der Waals surface area (Å²) in [5.74, 6) is 0. The summed E-state index contributed by atoms with van der Waals surface area (Å²) in [4.78, 5) is 2.23. The van der Waals surface area contributed by atoms with Crippen LogP contribution in [-0.4, -0.2) is 0 Å². The molecule has 2 N–H and O–H groups in total. The maximum absolute atomic E-state index is 5.99. The monoisotopic (exact) mass is 288 g/mol. The number of nitrogens with two attached hydrogens (primary N) is 1. The number of benzene rings is 3. The van der Waals surface area contributed by atoms with Gasteiger partial charge in [0.15, 0.2) is 0 Å². The van der Waals surface area contributed by atoms with Gasteiger partial charge in [-0.1, -0.05) is 30.3 Å². The highest BCUT2D eigenvalue weighted by Gasteiger charge is 2.12. The summed E-state index contributed by atoms with van der Waals surface area (Å²) in [6, 6.07) is 25.0. The number of rotatable bonds is 3. The molecular weight excluding hydrogens is 268 g/mol. The van der Waals surface area contributed by atoms with E-state index in [1.165, 1.54) is 11.1 Å². The summed E-state index contributed by atoms with van der Waals surface area (Å²) >= 11 is 0. The second kappa shape index (κ2) is 5.94. The predicted octanol–water partition coefficient (Wildman–Crippen LogP) is 5.36. The van der Waals surface area contributed by atoms with Gasteiger partial charge in [-0.25, -0.2) is 0 Å². The molecule has 0 aliphatic carbocycles. The summed E-state index contributed by atoms with van der Waals surface area (Å²) in [6.07, 6.45) is 0. The normalized spacial score (nSPS) is 10.5. The van der Waals surface area contributed by atoms with Gasteiger partial charge in [-0.3, -0.25) is 0 Å². The van der Waals surface area contributed by atoms with Gasteiger partial charge in [0.2, 0.25) is 0 Å². The van der Waals surface area contributed by atoms with E-state index in [9.17, 15) is 0 Å². The first-order valence-corrected chi connectivity index (χ1v) is 7.42. The summed E-state index contributed by atoms with van der Waals surface area (Å²) < 4.78 is 0. The fourth-order valence-electron chi connectivity index (χ4n) is 2.65. The lowest BCUT2D eigenvalue weighted by atomic mass is 10.1. The van der Waals surface area contributed by atoms with Gasteiger partial charge in [-0.2, -0.15) is 0 Å². The van der Waals surface area contributed by atoms with E-state index in [4.69, 9.17) is 5.73 Å².